The van der Waals surface area contributed by atoms with Crippen LogP contribution in [0, 0.1) is 0 Å². The van der Waals surface area contributed by atoms with Crippen molar-refractivity contribution in [3.05, 3.63) is 21.4 Å². The summed E-state index contributed by atoms with van der Waals surface area (Å²) < 4.78 is 28.1. The molecule has 1 aromatic heterocycles. The Morgan fingerprint density at radius 3 is 2.83 bits per heavy atom. The molecule has 1 fully saturated rings. The molecule has 1 N–H and O–H groups in total. The number of nitrogens with one attached hydrogen (secondary N) is 1. The van der Waals surface area contributed by atoms with Crippen LogP contribution in [0.2, 0.25) is 0 Å². The molecule has 2 heterocycles. The van der Waals surface area contributed by atoms with Gasteiger partial charge in [-0.15, -0.1) is 11.3 Å². The molecule has 1 amide bonds. The minimum atomic E-state index is -3.09. The summed E-state index contributed by atoms with van der Waals surface area (Å²) in [6.45, 7) is 1.30. The number of aryl methyl sites for hydroxylation is 2. The lowest BCUT2D eigenvalue weighted by molar-refractivity contribution is -0.125. The molecule has 0 aromatic carbocycles. The van der Waals surface area contributed by atoms with E-state index >= 15 is 0 Å². The van der Waals surface area contributed by atoms with Crippen molar-refractivity contribution in [3.8, 4) is 0 Å². The van der Waals surface area contributed by atoms with Gasteiger partial charge in [-0.25, -0.2) is 13.2 Å². The van der Waals surface area contributed by atoms with Crippen LogP contribution in [0.4, 0.5) is 0 Å². The Hall–Kier alpha value is -1.41. The van der Waals surface area contributed by atoms with E-state index < -0.39 is 33.9 Å². The summed E-state index contributed by atoms with van der Waals surface area (Å²) in [7, 11) is -3.09. The van der Waals surface area contributed by atoms with Gasteiger partial charge in [0.15, 0.2) is 16.4 Å². The summed E-state index contributed by atoms with van der Waals surface area (Å²) in [5.74, 6) is -0.965. The second kappa shape index (κ2) is 5.90. The summed E-state index contributed by atoms with van der Waals surface area (Å²) in [5.41, 5.74) is 0.432. The zero-order valence-electron chi connectivity index (χ0n) is 12.9. The second-order valence-electron chi connectivity index (χ2n) is 6.44. The summed E-state index contributed by atoms with van der Waals surface area (Å²) >= 11 is 1.43. The highest BCUT2D eigenvalue weighted by Gasteiger charge is 2.39. The van der Waals surface area contributed by atoms with Crippen molar-refractivity contribution in [2.24, 2.45) is 0 Å². The van der Waals surface area contributed by atoms with Crippen molar-refractivity contribution in [2.45, 2.75) is 38.1 Å². The highest BCUT2D eigenvalue weighted by molar-refractivity contribution is 7.91. The third-order valence-corrected chi connectivity index (χ3v) is 7.35. The Balaban J connectivity index is 1.51. The van der Waals surface area contributed by atoms with E-state index in [-0.39, 0.29) is 11.5 Å². The molecule has 126 valence electrons. The Morgan fingerprint density at radius 1 is 1.39 bits per heavy atom. The van der Waals surface area contributed by atoms with Crippen molar-refractivity contribution < 1.29 is 22.7 Å². The highest BCUT2D eigenvalue weighted by atomic mass is 32.2. The summed E-state index contributed by atoms with van der Waals surface area (Å²) in [5, 5.41) is 2.66. The maximum absolute atomic E-state index is 12.0. The number of amides is 1. The van der Waals surface area contributed by atoms with Gasteiger partial charge >= 0.3 is 5.97 Å². The first kappa shape index (κ1) is 16.4. The Bertz CT molecular complexity index is 730. The van der Waals surface area contributed by atoms with Gasteiger partial charge in [-0.3, -0.25) is 4.79 Å². The first-order valence-electron chi connectivity index (χ1n) is 7.57. The van der Waals surface area contributed by atoms with E-state index in [0.29, 0.717) is 11.3 Å². The normalized spacial score (nSPS) is 25.1. The van der Waals surface area contributed by atoms with Crippen molar-refractivity contribution >= 4 is 33.1 Å². The summed E-state index contributed by atoms with van der Waals surface area (Å²) in [6.07, 6.45) is 3.50. The smallest absolute Gasteiger partial charge is 0.348 e. The molecule has 0 saturated carbocycles. The molecule has 0 radical (unpaired) electrons. The lowest BCUT2D eigenvalue weighted by Crippen LogP contribution is -2.48. The molecule has 1 atom stereocenters. The third-order valence-electron chi connectivity index (χ3n) is 4.23. The van der Waals surface area contributed by atoms with E-state index in [2.05, 4.69) is 5.32 Å². The number of hydrogen-bond acceptors (Lipinski definition) is 6. The number of esters is 1. The van der Waals surface area contributed by atoms with Crippen LogP contribution in [0.1, 0.15) is 39.9 Å². The molecule has 8 heteroatoms. The average Bonchev–Trinajstić information content (AvgIpc) is 3.09. The summed E-state index contributed by atoms with van der Waals surface area (Å²) in [6, 6.07) is 1.85. The Labute approximate surface area is 139 Å². The average molecular weight is 357 g/mol. The van der Waals surface area contributed by atoms with E-state index in [4.69, 9.17) is 4.74 Å². The zero-order chi connectivity index (χ0) is 16.7. The fraction of sp³-hybridized carbons (Fsp3) is 0.600. The highest BCUT2D eigenvalue weighted by Crippen LogP contribution is 2.31. The van der Waals surface area contributed by atoms with Gasteiger partial charge in [0.2, 0.25) is 0 Å². The van der Waals surface area contributed by atoms with Crippen molar-refractivity contribution in [1.82, 2.24) is 5.32 Å². The molecule has 1 aromatic rings. The lowest BCUT2D eigenvalue weighted by atomic mass is 10.0. The van der Waals surface area contributed by atoms with Gasteiger partial charge in [-0.1, -0.05) is 0 Å². The number of fused-ring (bicyclic) bond motifs is 1. The van der Waals surface area contributed by atoms with Crippen molar-refractivity contribution in [3.63, 3.8) is 0 Å². The van der Waals surface area contributed by atoms with E-state index in [1.807, 2.05) is 6.07 Å². The molecule has 23 heavy (non-hydrogen) atoms. The number of hydrogen-bond donors (Lipinski definition) is 1. The SMILES string of the molecule is C[C@@]1(NC(=O)COC(=O)c2cc3c(s2)CCC3)CCS(=O)(=O)C1. The predicted molar refractivity (Wildman–Crippen MR) is 86.4 cm³/mol. The first-order chi connectivity index (χ1) is 10.8. The maximum atomic E-state index is 12.0. The number of thiophene rings is 1. The van der Waals surface area contributed by atoms with Crippen LogP contribution >= 0.6 is 11.3 Å². The minimum absolute atomic E-state index is 0.0721. The molecule has 0 unspecified atom stereocenters. The Kier molecular flexibility index (Phi) is 4.22. The number of ether oxygens (including phenoxy) is 1. The van der Waals surface area contributed by atoms with Crippen LogP contribution in [0.15, 0.2) is 6.07 Å². The van der Waals surface area contributed by atoms with Crippen molar-refractivity contribution in [2.75, 3.05) is 18.1 Å². The van der Waals surface area contributed by atoms with E-state index in [1.165, 1.54) is 21.8 Å². The van der Waals surface area contributed by atoms with Crippen LogP contribution < -0.4 is 5.32 Å². The van der Waals surface area contributed by atoms with Crippen LogP contribution in [0.5, 0.6) is 0 Å². The fourth-order valence-corrected chi connectivity index (χ4v) is 6.35. The van der Waals surface area contributed by atoms with E-state index in [0.717, 1.165) is 19.3 Å². The van der Waals surface area contributed by atoms with Crippen LogP contribution in [0.25, 0.3) is 0 Å². The molecular weight excluding hydrogens is 338 g/mol. The van der Waals surface area contributed by atoms with Gasteiger partial charge in [0.25, 0.3) is 5.91 Å². The lowest BCUT2D eigenvalue weighted by Gasteiger charge is -2.23. The maximum Gasteiger partial charge on any atom is 0.348 e. The van der Waals surface area contributed by atoms with Gasteiger partial charge in [-0.2, -0.15) is 0 Å². The molecule has 1 aliphatic heterocycles. The Morgan fingerprint density at radius 2 is 2.17 bits per heavy atom. The molecule has 0 bridgehead atoms. The van der Waals surface area contributed by atoms with Gasteiger partial charge in [0, 0.05) is 4.88 Å². The number of sulfone groups is 1. The van der Waals surface area contributed by atoms with Crippen molar-refractivity contribution in [1.29, 1.82) is 0 Å². The molecule has 2 aliphatic rings. The van der Waals surface area contributed by atoms with Gasteiger partial charge in [-0.05, 0) is 44.2 Å². The van der Waals surface area contributed by atoms with Crippen LogP contribution in [-0.4, -0.2) is 43.9 Å². The van der Waals surface area contributed by atoms with Crippen LogP contribution in [0.3, 0.4) is 0 Å². The molecule has 6 nitrogen and oxygen atoms in total. The molecule has 1 saturated heterocycles. The summed E-state index contributed by atoms with van der Waals surface area (Å²) in [4.78, 5) is 25.6. The first-order valence-corrected chi connectivity index (χ1v) is 10.2. The zero-order valence-corrected chi connectivity index (χ0v) is 14.5. The molecular formula is C15H19NO5S2. The van der Waals surface area contributed by atoms with Gasteiger partial charge in [0.1, 0.15) is 4.88 Å². The molecule has 1 aliphatic carbocycles. The third kappa shape index (κ3) is 3.74. The van der Waals surface area contributed by atoms with Gasteiger partial charge in [0.05, 0.1) is 17.0 Å². The molecule has 0 spiro atoms. The second-order valence-corrected chi connectivity index (χ2v) is 9.76. The predicted octanol–water partition coefficient (Wildman–Crippen LogP) is 1.09. The minimum Gasteiger partial charge on any atom is -0.451 e. The van der Waals surface area contributed by atoms with Gasteiger partial charge < -0.3 is 10.1 Å². The van der Waals surface area contributed by atoms with E-state index in [1.54, 1.807) is 6.92 Å². The fourth-order valence-electron chi connectivity index (χ4n) is 3.11. The number of carbonyl (C=O) groups is 2. The molecule has 3 rings (SSSR count). The topological polar surface area (TPSA) is 89.5 Å². The quantitative estimate of drug-likeness (QED) is 0.815. The monoisotopic (exact) mass is 357 g/mol. The number of rotatable bonds is 4. The number of carbonyl (C=O) groups excluding carboxylic acids is 2. The standard InChI is InChI=1S/C15H19NO5S2/c1-15(5-6-23(19,20)9-15)16-13(17)8-21-14(18)12-7-10-3-2-4-11(10)22-12/h7H,2-6,8-9H2,1H3,(H,16,17)/t15-/m1/s1. The van der Waals surface area contributed by atoms with Crippen LogP contribution in [-0.2, 0) is 32.2 Å². The van der Waals surface area contributed by atoms with E-state index in [9.17, 15) is 18.0 Å². The largest absolute Gasteiger partial charge is 0.451 e.